The van der Waals surface area contributed by atoms with Gasteiger partial charge in [0.05, 0.1) is 5.57 Å². The lowest BCUT2D eigenvalue weighted by molar-refractivity contribution is -0.119. The van der Waals surface area contributed by atoms with E-state index in [0.29, 0.717) is 12.1 Å². The molecule has 1 N–H and O–H groups in total. The molecule has 1 amide bonds. The van der Waals surface area contributed by atoms with Crippen molar-refractivity contribution >= 4 is 34.7 Å². The third-order valence-electron chi connectivity index (χ3n) is 3.59. The molecule has 138 valence electrons. The number of hydrogen-bond donors (Lipinski definition) is 1. The molecule has 0 aliphatic carbocycles. The number of benzene rings is 2. The zero-order valence-corrected chi connectivity index (χ0v) is 15.3. The summed E-state index contributed by atoms with van der Waals surface area (Å²) in [5.41, 5.74) is 0.721. The van der Waals surface area contributed by atoms with Gasteiger partial charge in [0.15, 0.2) is 0 Å². The maximum Gasteiger partial charge on any atom is 0.416 e. The number of amides is 1. The van der Waals surface area contributed by atoms with Gasteiger partial charge in [0, 0.05) is 23.5 Å². The number of carbonyl (C=O) groups excluding carboxylic acids is 1. The molecular weight excluding hydrogens is 386 g/mol. The SMILES string of the molecule is CC(=O)NCc1ccc(CC=C(c2cc(Cl)cc(Cl)c2)C(F)(F)F)cc1. The van der Waals surface area contributed by atoms with Crippen molar-refractivity contribution in [1.82, 2.24) is 5.32 Å². The molecule has 0 spiro atoms. The summed E-state index contributed by atoms with van der Waals surface area (Å²) in [5.74, 6) is -0.146. The average molecular weight is 402 g/mol. The Morgan fingerprint density at radius 1 is 1.04 bits per heavy atom. The molecule has 0 fully saturated rings. The van der Waals surface area contributed by atoms with E-state index in [2.05, 4.69) is 5.32 Å². The summed E-state index contributed by atoms with van der Waals surface area (Å²) in [6.07, 6.45) is -3.32. The minimum Gasteiger partial charge on any atom is -0.352 e. The first-order valence-corrected chi connectivity index (χ1v) is 8.47. The molecular formula is C19H16Cl2F3NO. The van der Waals surface area contributed by atoms with Crippen LogP contribution in [0.1, 0.15) is 23.6 Å². The smallest absolute Gasteiger partial charge is 0.352 e. The van der Waals surface area contributed by atoms with Gasteiger partial charge in [0.2, 0.25) is 5.91 Å². The van der Waals surface area contributed by atoms with Crippen molar-refractivity contribution in [1.29, 1.82) is 0 Å². The van der Waals surface area contributed by atoms with Gasteiger partial charge in [0.1, 0.15) is 0 Å². The van der Waals surface area contributed by atoms with Gasteiger partial charge < -0.3 is 5.32 Å². The predicted octanol–water partition coefficient (Wildman–Crippen LogP) is 5.82. The summed E-state index contributed by atoms with van der Waals surface area (Å²) in [6.45, 7) is 1.79. The summed E-state index contributed by atoms with van der Waals surface area (Å²) in [4.78, 5) is 10.9. The number of allylic oxidation sites excluding steroid dienone is 2. The van der Waals surface area contributed by atoms with Crippen LogP contribution in [0.5, 0.6) is 0 Å². The van der Waals surface area contributed by atoms with Crippen molar-refractivity contribution in [2.45, 2.75) is 26.1 Å². The molecule has 0 aromatic heterocycles. The molecule has 0 aliphatic rings. The van der Waals surface area contributed by atoms with E-state index in [0.717, 1.165) is 11.6 Å². The maximum atomic E-state index is 13.4. The van der Waals surface area contributed by atoms with E-state index in [1.807, 2.05) is 0 Å². The highest BCUT2D eigenvalue weighted by molar-refractivity contribution is 6.34. The van der Waals surface area contributed by atoms with Crippen LogP contribution in [0.15, 0.2) is 48.5 Å². The third kappa shape index (κ3) is 6.07. The summed E-state index contributed by atoms with van der Waals surface area (Å²) in [6, 6.07) is 10.9. The lowest BCUT2D eigenvalue weighted by atomic mass is 10.0. The van der Waals surface area contributed by atoms with E-state index in [-0.39, 0.29) is 27.9 Å². The van der Waals surface area contributed by atoms with Gasteiger partial charge >= 0.3 is 6.18 Å². The van der Waals surface area contributed by atoms with Crippen molar-refractivity contribution in [3.63, 3.8) is 0 Å². The Hall–Kier alpha value is -1.98. The second-order valence-corrected chi connectivity index (χ2v) is 6.58. The van der Waals surface area contributed by atoms with Crippen molar-refractivity contribution in [2.75, 3.05) is 0 Å². The number of rotatable bonds is 5. The second-order valence-electron chi connectivity index (χ2n) is 5.70. The molecule has 2 aromatic carbocycles. The van der Waals surface area contributed by atoms with E-state index in [9.17, 15) is 18.0 Å². The molecule has 0 radical (unpaired) electrons. The van der Waals surface area contributed by atoms with Gasteiger partial charge in [-0.15, -0.1) is 0 Å². The lowest BCUT2D eigenvalue weighted by Gasteiger charge is -2.13. The van der Waals surface area contributed by atoms with E-state index in [1.54, 1.807) is 24.3 Å². The molecule has 2 aromatic rings. The van der Waals surface area contributed by atoms with Crippen molar-refractivity contribution in [3.05, 3.63) is 75.3 Å². The largest absolute Gasteiger partial charge is 0.416 e. The van der Waals surface area contributed by atoms with Gasteiger partial charge in [-0.05, 0) is 41.3 Å². The molecule has 0 saturated carbocycles. The Balaban J connectivity index is 2.22. The molecule has 0 saturated heterocycles. The van der Waals surface area contributed by atoms with E-state index >= 15 is 0 Å². The summed E-state index contributed by atoms with van der Waals surface area (Å²) in [7, 11) is 0. The van der Waals surface area contributed by atoms with Gasteiger partial charge in [-0.2, -0.15) is 13.2 Å². The Bertz CT molecular complexity index is 794. The van der Waals surface area contributed by atoms with E-state index in [4.69, 9.17) is 23.2 Å². The summed E-state index contributed by atoms with van der Waals surface area (Å²) < 4.78 is 40.3. The van der Waals surface area contributed by atoms with Crippen molar-refractivity contribution in [2.24, 2.45) is 0 Å². The summed E-state index contributed by atoms with van der Waals surface area (Å²) >= 11 is 11.6. The third-order valence-corrected chi connectivity index (χ3v) is 4.02. The number of halogens is 5. The fraction of sp³-hybridized carbons (Fsp3) is 0.211. The minimum absolute atomic E-state index is 0.0720. The molecule has 2 rings (SSSR count). The lowest BCUT2D eigenvalue weighted by Crippen LogP contribution is -2.18. The molecule has 0 aliphatic heterocycles. The van der Waals surface area contributed by atoms with Crippen LogP contribution in [0.2, 0.25) is 10.0 Å². The highest BCUT2D eigenvalue weighted by Gasteiger charge is 2.34. The normalized spacial score (nSPS) is 12.2. The Kier molecular flexibility index (Phi) is 6.73. The van der Waals surface area contributed by atoms with Crippen LogP contribution in [-0.2, 0) is 17.8 Å². The highest BCUT2D eigenvalue weighted by Crippen LogP contribution is 2.36. The van der Waals surface area contributed by atoms with Gasteiger partial charge in [-0.1, -0.05) is 53.5 Å². The zero-order chi connectivity index (χ0) is 19.3. The van der Waals surface area contributed by atoms with Gasteiger partial charge in [0.25, 0.3) is 0 Å². The molecule has 0 heterocycles. The fourth-order valence-electron chi connectivity index (χ4n) is 2.35. The first-order valence-electron chi connectivity index (χ1n) is 7.71. The number of carbonyl (C=O) groups is 1. The van der Waals surface area contributed by atoms with Crippen molar-refractivity contribution in [3.8, 4) is 0 Å². The number of alkyl halides is 3. The molecule has 0 atom stereocenters. The maximum absolute atomic E-state index is 13.4. The predicted molar refractivity (Wildman–Crippen MR) is 98.2 cm³/mol. The Morgan fingerprint density at radius 3 is 2.08 bits per heavy atom. The number of nitrogens with one attached hydrogen (secondary N) is 1. The molecule has 26 heavy (non-hydrogen) atoms. The van der Waals surface area contributed by atoms with Crippen LogP contribution in [0.4, 0.5) is 13.2 Å². The number of hydrogen-bond acceptors (Lipinski definition) is 1. The minimum atomic E-state index is -4.53. The monoisotopic (exact) mass is 401 g/mol. The molecule has 2 nitrogen and oxygen atoms in total. The zero-order valence-electron chi connectivity index (χ0n) is 13.8. The first kappa shape index (κ1) is 20.3. The van der Waals surface area contributed by atoms with Crippen LogP contribution in [0.3, 0.4) is 0 Å². The average Bonchev–Trinajstić information content (AvgIpc) is 2.52. The topological polar surface area (TPSA) is 29.1 Å². The fourth-order valence-corrected chi connectivity index (χ4v) is 2.87. The highest BCUT2D eigenvalue weighted by atomic mass is 35.5. The van der Waals surface area contributed by atoms with Crippen LogP contribution in [0.25, 0.3) is 5.57 Å². The van der Waals surface area contributed by atoms with E-state index < -0.39 is 11.7 Å². The van der Waals surface area contributed by atoms with Crippen LogP contribution in [0, 0.1) is 0 Å². The molecule has 7 heteroatoms. The Morgan fingerprint density at radius 2 is 1.58 bits per heavy atom. The van der Waals surface area contributed by atoms with Crippen molar-refractivity contribution < 1.29 is 18.0 Å². The quantitative estimate of drug-likeness (QED) is 0.671. The van der Waals surface area contributed by atoms with Crippen LogP contribution in [-0.4, -0.2) is 12.1 Å². The standard InChI is InChI=1S/C19H16Cl2F3NO/c1-12(26)25-11-14-4-2-13(3-5-14)6-7-18(19(22,23)24)15-8-16(20)10-17(21)9-15/h2-5,7-10H,6,11H2,1H3,(H,25,26). The van der Waals surface area contributed by atoms with Crippen LogP contribution < -0.4 is 5.32 Å². The molecule has 0 unspecified atom stereocenters. The Labute approximate surface area is 159 Å². The summed E-state index contributed by atoms with van der Waals surface area (Å²) in [5, 5.41) is 2.95. The van der Waals surface area contributed by atoms with Crippen LogP contribution >= 0.6 is 23.2 Å². The first-order chi connectivity index (χ1) is 12.1. The second kappa shape index (κ2) is 8.60. The molecule has 0 bridgehead atoms. The van der Waals surface area contributed by atoms with Gasteiger partial charge in [-0.3, -0.25) is 4.79 Å². The van der Waals surface area contributed by atoms with Gasteiger partial charge in [-0.25, -0.2) is 0 Å². The van der Waals surface area contributed by atoms with E-state index in [1.165, 1.54) is 25.1 Å².